The molecule has 3 N–H and O–H groups in total. The molecule has 0 fully saturated rings. The third kappa shape index (κ3) is 3.67. The predicted molar refractivity (Wildman–Crippen MR) is 87.6 cm³/mol. The molecule has 0 aliphatic heterocycles. The molecule has 0 saturated heterocycles. The molecule has 9 heteroatoms. The zero-order chi connectivity index (χ0) is 15.6. The van der Waals surface area contributed by atoms with Crippen LogP contribution in [0.3, 0.4) is 0 Å². The van der Waals surface area contributed by atoms with Crippen LogP contribution in [0.2, 0.25) is 0 Å². The number of nitrogens with two attached hydrogens (primary N) is 1. The largest absolute Gasteiger partial charge is 0.323 e. The first-order valence-electron chi connectivity index (χ1n) is 6.59. The van der Waals surface area contributed by atoms with Gasteiger partial charge >= 0.3 is 0 Å². The highest BCUT2D eigenvalue weighted by Crippen LogP contribution is 2.19. The lowest BCUT2D eigenvalue weighted by atomic mass is 10.1. The Kier molecular flexibility index (Phi) is 5.32. The van der Waals surface area contributed by atoms with E-state index in [4.69, 9.17) is 5.73 Å². The van der Waals surface area contributed by atoms with Gasteiger partial charge in [-0.1, -0.05) is 36.4 Å². The molecular weight excluding hydrogens is 340 g/mol. The molecule has 0 aliphatic carbocycles. The molecule has 1 aromatic heterocycles. The summed E-state index contributed by atoms with van der Waals surface area (Å²) in [6.45, 7) is 0.0774. The van der Waals surface area contributed by atoms with Gasteiger partial charge in [-0.25, -0.2) is 17.8 Å². The molecular formula is C14H15ClN4O3S. The van der Waals surface area contributed by atoms with Crippen molar-refractivity contribution in [1.29, 1.82) is 0 Å². The minimum absolute atomic E-state index is 0. The number of aromatic nitrogens is 2. The minimum atomic E-state index is -3.75. The zero-order valence-corrected chi connectivity index (χ0v) is 13.5. The van der Waals surface area contributed by atoms with Crippen molar-refractivity contribution in [3.05, 3.63) is 54.1 Å². The minimum Gasteiger partial charge on any atom is -0.323 e. The quantitative estimate of drug-likeness (QED) is 0.720. The number of nitrogens with zero attached hydrogens (tertiary/aromatic N) is 2. The van der Waals surface area contributed by atoms with Gasteiger partial charge < -0.3 is 5.73 Å². The Balaban J connectivity index is 0.00000192. The Labute approximate surface area is 139 Å². The van der Waals surface area contributed by atoms with E-state index in [0.717, 1.165) is 5.56 Å². The number of fused-ring (bicyclic) bond motifs is 1. The molecule has 0 saturated carbocycles. The van der Waals surface area contributed by atoms with Crippen LogP contribution in [-0.2, 0) is 10.0 Å². The van der Waals surface area contributed by atoms with E-state index in [1.165, 1.54) is 6.07 Å². The van der Waals surface area contributed by atoms with Crippen molar-refractivity contribution in [2.75, 3.05) is 6.54 Å². The summed E-state index contributed by atoms with van der Waals surface area (Å²) >= 11 is 0. The van der Waals surface area contributed by atoms with Crippen LogP contribution in [0.4, 0.5) is 0 Å². The highest BCUT2D eigenvalue weighted by atomic mass is 35.5. The third-order valence-electron chi connectivity index (χ3n) is 3.26. The number of nitrogens with one attached hydrogen (secondary N) is 1. The number of hydrogen-bond donors (Lipinski definition) is 2. The van der Waals surface area contributed by atoms with Gasteiger partial charge in [0.15, 0.2) is 5.52 Å². The summed E-state index contributed by atoms with van der Waals surface area (Å²) in [4.78, 5) is 0.0199. The molecule has 3 aromatic rings. The average Bonchev–Trinajstić information content (AvgIpc) is 3.02. The maximum absolute atomic E-state index is 12.4. The second-order valence-electron chi connectivity index (χ2n) is 4.76. The smallest absolute Gasteiger partial charge is 0.242 e. The molecule has 2 aromatic carbocycles. The molecule has 1 unspecified atom stereocenters. The normalized spacial score (nSPS) is 12.7. The van der Waals surface area contributed by atoms with E-state index in [0.29, 0.717) is 5.52 Å². The molecule has 0 amide bonds. The van der Waals surface area contributed by atoms with Gasteiger partial charge in [-0.05, 0) is 28.0 Å². The van der Waals surface area contributed by atoms with E-state index in [1.54, 1.807) is 12.1 Å². The second kappa shape index (κ2) is 7.05. The first-order chi connectivity index (χ1) is 10.6. The SMILES string of the molecule is Cl.NC(CNS(=O)(=O)c1cccc2nonc12)c1ccccc1. The number of benzene rings is 2. The van der Waals surface area contributed by atoms with Crippen molar-refractivity contribution < 1.29 is 13.0 Å². The first kappa shape index (κ1) is 17.4. The summed E-state index contributed by atoms with van der Waals surface area (Å²) in [6.07, 6.45) is 0. The van der Waals surface area contributed by atoms with Crippen molar-refractivity contribution in [2.24, 2.45) is 5.73 Å². The molecule has 1 atom stereocenters. The van der Waals surface area contributed by atoms with Crippen molar-refractivity contribution in [3.8, 4) is 0 Å². The van der Waals surface area contributed by atoms with Gasteiger partial charge in [-0.3, -0.25) is 0 Å². The maximum Gasteiger partial charge on any atom is 0.242 e. The van der Waals surface area contributed by atoms with E-state index in [9.17, 15) is 8.42 Å². The Morgan fingerprint density at radius 2 is 1.83 bits per heavy atom. The molecule has 0 aliphatic rings. The van der Waals surface area contributed by atoms with Crippen molar-refractivity contribution in [2.45, 2.75) is 10.9 Å². The number of hydrogen-bond acceptors (Lipinski definition) is 6. The van der Waals surface area contributed by atoms with E-state index < -0.39 is 16.1 Å². The fourth-order valence-electron chi connectivity index (χ4n) is 2.09. The van der Waals surface area contributed by atoms with Gasteiger partial charge in [-0.15, -0.1) is 12.4 Å². The van der Waals surface area contributed by atoms with Crippen LogP contribution < -0.4 is 10.5 Å². The van der Waals surface area contributed by atoms with Gasteiger partial charge in [-0.2, -0.15) is 0 Å². The number of sulfonamides is 1. The predicted octanol–water partition coefficient (Wildman–Crippen LogP) is 1.62. The van der Waals surface area contributed by atoms with E-state index >= 15 is 0 Å². The van der Waals surface area contributed by atoms with Crippen LogP contribution in [0.25, 0.3) is 11.0 Å². The Hall–Kier alpha value is -2.00. The maximum atomic E-state index is 12.4. The van der Waals surface area contributed by atoms with E-state index in [1.807, 2.05) is 30.3 Å². The van der Waals surface area contributed by atoms with Crippen LogP contribution in [-0.4, -0.2) is 25.3 Å². The Morgan fingerprint density at radius 1 is 1.09 bits per heavy atom. The van der Waals surface area contributed by atoms with Crippen LogP contribution in [0.15, 0.2) is 58.1 Å². The van der Waals surface area contributed by atoms with Gasteiger partial charge in [0.05, 0.1) is 0 Å². The van der Waals surface area contributed by atoms with Gasteiger partial charge in [0.2, 0.25) is 10.0 Å². The van der Waals surface area contributed by atoms with E-state index in [-0.39, 0.29) is 29.4 Å². The fourth-order valence-corrected chi connectivity index (χ4v) is 3.30. The van der Waals surface area contributed by atoms with Crippen molar-refractivity contribution in [1.82, 2.24) is 15.0 Å². The summed E-state index contributed by atoms with van der Waals surface area (Å²) in [7, 11) is -3.75. The summed E-state index contributed by atoms with van der Waals surface area (Å²) in [5.74, 6) is 0. The van der Waals surface area contributed by atoms with Gasteiger partial charge in [0.25, 0.3) is 0 Å². The molecule has 23 heavy (non-hydrogen) atoms. The number of halogens is 1. The summed E-state index contributed by atoms with van der Waals surface area (Å²) in [5.41, 5.74) is 7.43. The number of rotatable bonds is 5. The monoisotopic (exact) mass is 354 g/mol. The third-order valence-corrected chi connectivity index (χ3v) is 4.71. The standard InChI is InChI=1S/C14H14N4O3S.ClH/c15-11(10-5-2-1-3-6-10)9-16-22(19,20)13-8-4-7-12-14(13)18-21-17-12;/h1-8,11,16H,9,15H2;1H. The molecule has 0 spiro atoms. The molecule has 1 heterocycles. The summed E-state index contributed by atoms with van der Waals surface area (Å²) < 4.78 is 31.9. The Morgan fingerprint density at radius 3 is 2.57 bits per heavy atom. The first-order valence-corrected chi connectivity index (χ1v) is 8.08. The topological polar surface area (TPSA) is 111 Å². The Bertz CT molecular complexity index is 883. The lowest BCUT2D eigenvalue weighted by Crippen LogP contribution is -2.32. The molecule has 3 rings (SSSR count). The van der Waals surface area contributed by atoms with Crippen LogP contribution in [0, 0.1) is 0 Å². The fraction of sp³-hybridized carbons (Fsp3) is 0.143. The highest BCUT2D eigenvalue weighted by molar-refractivity contribution is 7.89. The van der Waals surface area contributed by atoms with Crippen LogP contribution in [0.1, 0.15) is 11.6 Å². The summed E-state index contributed by atoms with van der Waals surface area (Å²) in [5, 5.41) is 7.27. The lowest BCUT2D eigenvalue weighted by Gasteiger charge is -2.13. The highest BCUT2D eigenvalue weighted by Gasteiger charge is 2.21. The van der Waals surface area contributed by atoms with Gasteiger partial charge in [0, 0.05) is 12.6 Å². The van der Waals surface area contributed by atoms with E-state index in [2.05, 4.69) is 19.7 Å². The van der Waals surface area contributed by atoms with Crippen LogP contribution >= 0.6 is 12.4 Å². The second-order valence-corrected chi connectivity index (χ2v) is 6.49. The zero-order valence-electron chi connectivity index (χ0n) is 11.9. The molecule has 122 valence electrons. The molecule has 0 radical (unpaired) electrons. The summed E-state index contributed by atoms with van der Waals surface area (Å²) in [6, 6.07) is 13.5. The average molecular weight is 355 g/mol. The lowest BCUT2D eigenvalue weighted by molar-refractivity contribution is 0.315. The van der Waals surface area contributed by atoms with Crippen LogP contribution in [0.5, 0.6) is 0 Å². The van der Waals surface area contributed by atoms with Crippen molar-refractivity contribution in [3.63, 3.8) is 0 Å². The molecule has 0 bridgehead atoms. The molecule has 7 nitrogen and oxygen atoms in total. The van der Waals surface area contributed by atoms with Gasteiger partial charge in [0.1, 0.15) is 10.4 Å². The van der Waals surface area contributed by atoms with Crippen molar-refractivity contribution >= 4 is 33.5 Å².